The average molecular weight is 579 g/mol. The maximum atomic E-state index is 13.5. The van der Waals surface area contributed by atoms with Gasteiger partial charge in [0, 0.05) is 30.4 Å². The summed E-state index contributed by atoms with van der Waals surface area (Å²) in [6.45, 7) is 1.82. The maximum Gasteiger partial charge on any atom is 0.416 e. The molecule has 0 spiro atoms. The Morgan fingerprint density at radius 3 is 2.08 bits per heavy atom. The van der Waals surface area contributed by atoms with Gasteiger partial charge in [-0.2, -0.15) is 26.3 Å². The van der Waals surface area contributed by atoms with E-state index in [-0.39, 0.29) is 36.4 Å². The second kappa shape index (κ2) is 12.1. The van der Waals surface area contributed by atoms with Gasteiger partial charge in [-0.3, -0.25) is 9.69 Å². The highest BCUT2D eigenvalue weighted by Gasteiger charge is 2.39. The fourth-order valence-electron chi connectivity index (χ4n) is 4.71. The summed E-state index contributed by atoms with van der Waals surface area (Å²) in [5.74, 6) is 0.626. The summed E-state index contributed by atoms with van der Waals surface area (Å²) in [5.41, 5.74) is -2.34. The number of hydrogen-bond acceptors (Lipinski definition) is 7. The Balaban J connectivity index is 2.14. The number of amides is 1. The molecule has 40 heavy (non-hydrogen) atoms. The number of ether oxygens (including phenoxy) is 4. The lowest BCUT2D eigenvalue weighted by molar-refractivity contribution is -0.143. The topological polar surface area (TPSA) is 77.5 Å². The first-order valence-corrected chi connectivity index (χ1v) is 12.0. The summed E-state index contributed by atoms with van der Waals surface area (Å²) >= 11 is 0. The third-order valence-electron chi connectivity index (χ3n) is 6.57. The van der Waals surface area contributed by atoms with E-state index in [2.05, 4.69) is 0 Å². The van der Waals surface area contributed by atoms with E-state index < -0.39 is 42.2 Å². The van der Waals surface area contributed by atoms with Crippen molar-refractivity contribution in [1.29, 1.82) is 0 Å². The molecule has 1 amide bonds. The normalized spacial score (nSPS) is 16.1. The standard InChI is InChI=1S/C26H28F6N2O6/c1-15(13-40-14-35)33-6-5-20(19-10-22(37-2)23(38-3)11-21(19)33)34(24(36)39-4)12-16-7-17(25(27,28)29)9-18(8-16)26(30,31)32/h7-11,14-15,20H,5-6,12-13H2,1-4H3. The number of carbonyl (C=O) groups is 2. The van der Waals surface area contributed by atoms with Crippen molar-refractivity contribution in [1.82, 2.24) is 4.90 Å². The lowest BCUT2D eigenvalue weighted by Crippen LogP contribution is -2.45. The molecule has 3 rings (SSSR count). The highest BCUT2D eigenvalue weighted by atomic mass is 19.4. The molecular weight excluding hydrogens is 550 g/mol. The van der Waals surface area contributed by atoms with Gasteiger partial charge in [-0.15, -0.1) is 0 Å². The van der Waals surface area contributed by atoms with Gasteiger partial charge in [-0.1, -0.05) is 0 Å². The summed E-state index contributed by atoms with van der Waals surface area (Å²) in [6, 6.07) is 3.25. The van der Waals surface area contributed by atoms with Gasteiger partial charge in [0.2, 0.25) is 0 Å². The lowest BCUT2D eigenvalue weighted by Gasteiger charge is -2.42. The molecule has 2 aromatic carbocycles. The van der Waals surface area contributed by atoms with Crippen LogP contribution in [-0.4, -0.2) is 58.0 Å². The summed E-state index contributed by atoms with van der Waals surface area (Å²) in [6.07, 6.45) is -10.8. The van der Waals surface area contributed by atoms with Crippen LogP contribution in [-0.2, 0) is 33.2 Å². The average Bonchev–Trinajstić information content (AvgIpc) is 2.91. The lowest BCUT2D eigenvalue weighted by atomic mass is 9.92. The first kappa shape index (κ1) is 30.7. The molecule has 1 heterocycles. The number of benzene rings is 2. The minimum atomic E-state index is -5.05. The SMILES string of the molecule is COC(=O)N(Cc1cc(C(F)(F)F)cc(C(F)(F)F)c1)C1CCN(C(C)COC=O)c2cc(OC)c(OC)cc21. The van der Waals surface area contributed by atoms with Crippen LogP contribution in [0.5, 0.6) is 11.5 Å². The van der Waals surface area contributed by atoms with Gasteiger partial charge in [0.25, 0.3) is 6.47 Å². The molecule has 0 aromatic heterocycles. The Morgan fingerprint density at radius 2 is 1.57 bits per heavy atom. The fourth-order valence-corrected chi connectivity index (χ4v) is 4.71. The molecule has 0 fully saturated rings. The van der Waals surface area contributed by atoms with Crippen LogP contribution < -0.4 is 14.4 Å². The predicted octanol–water partition coefficient (Wildman–Crippen LogP) is 5.82. The minimum absolute atomic E-state index is 0.0275. The van der Waals surface area contributed by atoms with E-state index in [0.717, 1.165) is 12.0 Å². The Morgan fingerprint density at radius 1 is 1.00 bits per heavy atom. The zero-order valence-corrected chi connectivity index (χ0v) is 22.1. The number of rotatable bonds is 9. The van der Waals surface area contributed by atoms with E-state index in [9.17, 15) is 35.9 Å². The largest absolute Gasteiger partial charge is 0.493 e. The zero-order valence-electron chi connectivity index (χ0n) is 22.1. The second-order valence-corrected chi connectivity index (χ2v) is 9.05. The van der Waals surface area contributed by atoms with Gasteiger partial charge in [0.15, 0.2) is 11.5 Å². The van der Waals surface area contributed by atoms with Gasteiger partial charge >= 0.3 is 18.4 Å². The Kier molecular flexibility index (Phi) is 9.31. The molecule has 0 N–H and O–H groups in total. The van der Waals surface area contributed by atoms with Crippen LogP contribution in [0.2, 0.25) is 0 Å². The van der Waals surface area contributed by atoms with E-state index in [0.29, 0.717) is 42.2 Å². The van der Waals surface area contributed by atoms with E-state index in [1.807, 2.05) is 4.90 Å². The monoisotopic (exact) mass is 578 g/mol. The molecule has 1 aliphatic rings. The Hall–Kier alpha value is -3.84. The molecule has 0 saturated carbocycles. The molecule has 220 valence electrons. The smallest absolute Gasteiger partial charge is 0.416 e. The molecule has 2 atom stereocenters. The van der Waals surface area contributed by atoms with Crippen LogP contribution in [0.4, 0.5) is 36.8 Å². The van der Waals surface area contributed by atoms with Crippen LogP contribution in [0.15, 0.2) is 30.3 Å². The van der Waals surface area contributed by atoms with Crippen molar-refractivity contribution in [3.8, 4) is 11.5 Å². The minimum Gasteiger partial charge on any atom is -0.493 e. The number of hydrogen-bond donors (Lipinski definition) is 0. The Bertz CT molecular complexity index is 1190. The number of nitrogens with zero attached hydrogens (tertiary/aromatic N) is 2. The van der Waals surface area contributed by atoms with Gasteiger partial charge in [0.05, 0.1) is 44.5 Å². The van der Waals surface area contributed by atoms with Gasteiger partial charge in [0.1, 0.15) is 6.61 Å². The van der Waals surface area contributed by atoms with E-state index in [1.165, 1.54) is 14.2 Å². The first-order valence-electron chi connectivity index (χ1n) is 12.0. The van der Waals surface area contributed by atoms with Crippen LogP contribution in [0.1, 0.15) is 41.6 Å². The number of fused-ring (bicyclic) bond motifs is 1. The quantitative estimate of drug-likeness (QED) is 0.274. The van der Waals surface area contributed by atoms with Crippen molar-refractivity contribution >= 4 is 18.3 Å². The van der Waals surface area contributed by atoms with Gasteiger partial charge in [-0.05, 0) is 43.2 Å². The molecule has 1 aliphatic heterocycles. The highest BCUT2D eigenvalue weighted by Crippen LogP contribution is 2.45. The summed E-state index contributed by atoms with van der Waals surface area (Å²) < 4.78 is 101. The summed E-state index contributed by atoms with van der Waals surface area (Å²) in [7, 11) is 3.87. The predicted molar refractivity (Wildman–Crippen MR) is 130 cm³/mol. The number of carbonyl (C=O) groups excluding carboxylic acids is 2. The van der Waals surface area contributed by atoms with E-state index in [4.69, 9.17) is 18.9 Å². The first-order chi connectivity index (χ1) is 18.7. The number of alkyl halides is 6. The molecule has 0 aliphatic carbocycles. The third-order valence-corrected chi connectivity index (χ3v) is 6.57. The number of methoxy groups -OCH3 is 3. The van der Waals surface area contributed by atoms with Crippen molar-refractivity contribution < 1.29 is 54.9 Å². The summed E-state index contributed by atoms with van der Waals surface area (Å²) in [4.78, 5) is 26.7. The third kappa shape index (κ3) is 6.65. The Labute approximate surface area is 226 Å². The molecule has 0 radical (unpaired) electrons. The number of anilines is 1. The van der Waals surface area contributed by atoms with Crippen LogP contribution in [0, 0.1) is 0 Å². The van der Waals surface area contributed by atoms with Gasteiger partial charge in [-0.25, -0.2) is 4.79 Å². The number of halogens is 6. The highest BCUT2D eigenvalue weighted by molar-refractivity contribution is 5.71. The van der Waals surface area contributed by atoms with E-state index in [1.54, 1.807) is 19.1 Å². The summed E-state index contributed by atoms with van der Waals surface area (Å²) in [5, 5.41) is 0. The molecule has 0 bridgehead atoms. The van der Waals surface area contributed by atoms with E-state index >= 15 is 0 Å². The molecular formula is C26H28F6N2O6. The molecule has 2 aromatic rings. The zero-order chi connectivity index (χ0) is 29.8. The van der Waals surface area contributed by atoms with Crippen molar-refractivity contribution in [3.05, 3.63) is 52.6 Å². The van der Waals surface area contributed by atoms with Crippen LogP contribution in [0.25, 0.3) is 0 Å². The molecule has 14 heteroatoms. The van der Waals surface area contributed by atoms with Crippen molar-refractivity contribution in [3.63, 3.8) is 0 Å². The van der Waals surface area contributed by atoms with Crippen molar-refractivity contribution in [2.75, 3.05) is 39.4 Å². The van der Waals surface area contributed by atoms with Crippen LogP contribution in [0.3, 0.4) is 0 Å². The second-order valence-electron chi connectivity index (χ2n) is 9.05. The van der Waals surface area contributed by atoms with Crippen LogP contribution >= 0.6 is 0 Å². The molecule has 8 nitrogen and oxygen atoms in total. The maximum absolute atomic E-state index is 13.5. The molecule has 0 saturated heterocycles. The van der Waals surface area contributed by atoms with Gasteiger partial charge < -0.3 is 23.8 Å². The van der Waals surface area contributed by atoms with Crippen molar-refractivity contribution in [2.24, 2.45) is 0 Å². The fraction of sp³-hybridized carbons (Fsp3) is 0.462. The molecule has 2 unspecified atom stereocenters. The van der Waals surface area contributed by atoms with Crippen molar-refractivity contribution in [2.45, 2.75) is 44.3 Å².